The van der Waals surface area contributed by atoms with Gasteiger partial charge in [0.2, 0.25) is 0 Å². The fraction of sp³-hybridized carbons (Fsp3) is 0.412. The molecule has 2 atom stereocenters. The maximum absolute atomic E-state index is 12.2. The molecule has 0 spiro atoms. The van der Waals surface area contributed by atoms with Gasteiger partial charge in [0.1, 0.15) is 11.6 Å². The zero-order valence-electron chi connectivity index (χ0n) is 11.8. The first-order valence-electron chi connectivity index (χ1n) is 7.18. The number of nitriles is 1. The van der Waals surface area contributed by atoms with Crippen LogP contribution < -0.4 is 5.32 Å². The van der Waals surface area contributed by atoms with E-state index >= 15 is 0 Å². The van der Waals surface area contributed by atoms with Crippen LogP contribution >= 0.6 is 0 Å². The highest BCUT2D eigenvalue weighted by atomic mass is 16.1. The number of benzene rings is 1. The van der Waals surface area contributed by atoms with Crippen molar-refractivity contribution in [3.8, 4) is 6.07 Å². The van der Waals surface area contributed by atoms with Gasteiger partial charge in [-0.15, -0.1) is 0 Å². The SMILES string of the molecule is CC1CCCCC1NC(=O)/C(C#N)=C\c1ccccc1. The minimum absolute atomic E-state index is 0.175. The molecule has 0 bridgehead atoms. The lowest BCUT2D eigenvalue weighted by atomic mass is 9.86. The Morgan fingerprint density at radius 3 is 2.65 bits per heavy atom. The van der Waals surface area contributed by atoms with Gasteiger partial charge in [0.25, 0.3) is 5.91 Å². The predicted octanol–water partition coefficient (Wildman–Crippen LogP) is 3.29. The summed E-state index contributed by atoms with van der Waals surface area (Å²) in [7, 11) is 0. The van der Waals surface area contributed by atoms with Crippen molar-refractivity contribution in [2.45, 2.75) is 38.6 Å². The second kappa shape index (κ2) is 6.91. The van der Waals surface area contributed by atoms with Crippen molar-refractivity contribution < 1.29 is 4.79 Å². The third kappa shape index (κ3) is 3.71. The lowest BCUT2D eigenvalue weighted by Crippen LogP contribution is -2.41. The Morgan fingerprint density at radius 2 is 2.00 bits per heavy atom. The molecule has 1 N–H and O–H groups in total. The molecule has 2 rings (SSSR count). The molecule has 1 aliphatic rings. The molecule has 2 unspecified atom stereocenters. The summed E-state index contributed by atoms with van der Waals surface area (Å²) in [6.45, 7) is 2.16. The monoisotopic (exact) mass is 268 g/mol. The van der Waals surface area contributed by atoms with E-state index in [1.165, 1.54) is 6.42 Å². The summed E-state index contributed by atoms with van der Waals surface area (Å²) in [4.78, 5) is 12.2. The number of nitrogens with zero attached hydrogens (tertiary/aromatic N) is 1. The molecule has 20 heavy (non-hydrogen) atoms. The van der Waals surface area contributed by atoms with Gasteiger partial charge in [-0.1, -0.05) is 50.1 Å². The smallest absolute Gasteiger partial charge is 0.262 e. The number of carbonyl (C=O) groups excluding carboxylic acids is 1. The molecule has 1 fully saturated rings. The lowest BCUT2D eigenvalue weighted by molar-refractivity contribution is -0.118. The molecule has 3 nitrogen and oxygen atoms in total. The molecule has 0 aromatic heterocycles. The molecule has 1 saturated carbocycles. The summed E-state index contributed by atoms with van der Waals surface area (Å²) in [6, 6.07) is 11.7. The van der Waals surface area contributed by atoms with E-state index < -0.39 is 0 Å². The molecule has 104 valence electrons. The van der Waals surface area contributed by atoms with E-state index in [-0.39, 0.29) is 17.5 Å². The Kier molecular flexibility index (Phi) is 4.95. The van der Waals surface area contributed by atoms with E-state index in [0.717, 1.165) is 24.8 Å². The summed E-state index contributed by atoms with van der Waals surface area (Å²) in [5, 5.41) is 12.2. The van der Waals surface area contributed by atoms with Gasteiger partial charge in [-0.3, -0.25) is 4.79 Å². The Morgan fingerprint density at radius 1 is 1.30 bits per heavy atom. The first-order chi connectivity index (χ1) is 9.70. The summed E-state index contributed by atoms with van der Waals surface area (Å²) >= 11 is 0. The lowest BCUT2D eigenvalue weighted by Gasteiger charge is -2.29. The van der Waals surface area contributed by atoms with E-state index in [2.05, 4.69) is 12.2 Å². The van der Waals surface area contributed by atoms with Crippen molar-refractivity contribution in [3.05, 3.63) is 41.5 Å². The largest absolute Gasteiger partial charge is 0.348 e. The van der Waals surface area contributed by atoms with Gasteiger partial charge in [-0.25, -0.2) is 0 Å². The molecule has 0 heterocycles. The summed E-state index contributed by atoms with van der Waals surface area (Å²) in [6.07, 6.45) is 6.19. The van der Waals surface area contributed by atoms with Crippen LogP contribution in [0.3, 0.4) is 0 Å². The van der Waals surface area contributed by atoms with Crippen LogP contribution in [0, 0.1) is 17.2 Å². The maximum atomic E-state index is 12.2. The molecule has 0 aliphatic heterocycles. The fourth-order valence-electron chi connectivity index (χ4n) is 2.64. The van der Waals surface area contributed by atoms with Crippen LogP contribution in [0.2, 0.25) is 0 Å². The second-order valence-corrected chi connectivity index (χ2v) is 5.42. The standard InChI is InChI=1S/C17H20N2O/c1-13-7-5-6-10-16(13)19-17(20)15(12-18)11-14-8-3-2-4-9-14/h2-4,8-9,11,13,16H,5-7,10H2,1H3,(H,19,20)/b15-11-. The average Bonchev–Trinajstić information content (AvgIpc) is 2.48. The Labute approximate surface area is 120 Å². The molecule has 3 heteroatoms. The van der Waals surface area contributed by atoms with Crippen LogP contribution in [0.5, 0.6) is 0 Å². The normalized spacial score (nSPS) is 22.9. The van der Waals surface area contributed by atoms with Gasteiger partial charge in [0, 0.05) is 6.04 Å². The molecular formula is C17H20N2O. The van der Waals surface area contributed by atoms with Crippen molar-refractivity contribution in [3.63, 3.8) is 0 Å². The highest BCUT2D eigenvalue weighted by Crippen LogP contribution is 2.24. The molecule has 1 aromatic rings. The summed E-state index contributed by atoms with van der Waals surface area (Å²) < 4.78 is 0. The Bertz CT molecular complexity index is 528. The Balaban J connectivity index is 2.06. The van der Waals surface area contributed by atoms with Gasteiger partial charge < -0.3 is 5.32 Å². The van der Waals surface area contributed by atoms with Crippen molar-refractivity contribution in [2.75, 3.05) is 0 Å². The van der Waals surface area contributed by atoms with Crippen LogP contribution in [-0.2, 0) is 4.79 Å². The van der Waals surface area contributed by atoms with Gasteiger partial charge in [-0.2, -0.15) is 5.26 Å². The van der Waals surface area contributed by atoms with Crippen LogP contribution in [0.15, 0.2) is 35.9 Å². The molecular weight excluding hydrogens is 248 g/mol. The number of rotatable bonds is 3. The number of carbonyl (C=O) groups is 1. The number of amides is 1. The van der Waals surface area contributed by atoms with Crippen LogP contribution in [0.4, 0.5) is 0 Å². The van der Waals surface area contributed by atoms with E-state index in [4.69, 9.17) is 0 Å². The molecule has 1 aromatic carbocycles. The van der Waals surface area contributed by atoms with Crippen LogP contribution in [0.25, 0.3) is 6.08 Å². The summed E-state index contributed by atoms with van der Waals surface area (Å²) in [5.74, 6) is 0.236. The van der Waals surface area contributed by atoms with E-state index in [1.807, 2.05) is 36.4 Å². The molecule has 0 radical (unpaired) electrons. The van der Waals surface area contributed by atoms with E-state index in [0.29, 0.717) is 5.92 Å². The van der Waals surface area contributed by atoms with Crippen molar-refractivity contribution >= 4 is 12.0 Å². The van der Waals surface area contributed by atoms with Crippen LogP contribution in [0.1, 0.15) is 38.2 Å². The number of hydrogen-bond donors (Lipinski definition) is 1. The maximum Gasteiger partial charge on any atom is 0.262 e. The third-order valence-corrected chi connectivity index (χ3v) is 3.90. The van der Waals surface area contributed by atoms with Crippen molar-refractivity contribution in [2.24, 2.45) is 5.92 Å². The average molecular weight is 268 g/mol. The molecule has 1 amide bonds. The van der Waals surface area contributed by atoms with Gasteiger partial charge in [0.05, 0.1) is 0 Å². The molecule has 0 saturated heterocycles. The quantitative estimate of drug-likeness (QED) is 0.675. The van der Waals surface area contributed by atoms with Crippen molar-refractivity contribution in [1.29, 1.82) is 5.26 Å². The minimum Gasteiger partial charge on any atom is -0.348 e. The highest BCUT2D eigenvalue weighted by Gasteiger charge is 2.23. The zero-order valence-corrected chi connectivity index (χ0v) is 11.8. The first kappa shape index (κ1) is 14.3. The fourth-order valence-corrected chi connectivity index (χ4v) is 2.64. The Hall–Kier alpha value is -2.08. The van der Waals surface area contributed by atoms with Gasteiger partial charge in [-0.05, 0) is 30.4 Å². The minimum atomic E-state index is -0.255. The predicted molar refractivity (Wildman–Crippen MR) is 79.6 cm³/mol. The first-order valence-corrected chi connectivity index (χ1v) is 7.18. The summed E-state index contributed by atoms with van der Waals surface area (Å²) in [5.41, 5.74) is 1.05. The number of nitrogens with one attached hydrogen (secondary N) is 1. The van der Waals surface area contributed by atoms with Crippen molar-refractivity contribution in [1.82, 2.24) is 5.32 Å². The molecule has 1 aliphatic carbocycles. The van der Waals surface area contributed by atoms with Crippen LogP contribution in [-0.4, -0.2) is 11.9 Å². The second-order valence-electron chi connectivity index (χ2n) is 5.42. The zero-order chi connectivity index (χ0) is 14.4. The third-order valence-electron chi connectivity index (χ3n) is 3.90. The van der Waals surface area contributed by atoms with Gasteiger partial charge >= 0.3 is 0 Å². The highest BCUT2D eigenvalue weighted by molar-refractivity contribution is 6.01. The van der Waals surface area contributed by atoms with E-state index in [9.17, 15) is 10.1 Å². The van der Waals surface area contributed by atoms with Gasteiger partial charge in [0.15, 0.2) is 0 Å². The topological polar surface area (TPSA) is 52.9 Å². The van der Waals surface area contributed by atoms with E-state index in [1.54, 1.807) is 6.08 Å². The number of hydrogen-bond acceptors (Lipinski definition) is 2.